The van der Waals surface area contributed by atoms with Gasteiger partial charge < -0.3 is 4.74 Å². The van der Waals surface area contributed by atoms with Crippen molar-refractivity contribution >= 4 is 19.9 Å². The van der Waals surface area contributed by atoms with Gasteiger partial charge in [0.15, 0.2) is 9.84 Å². The highest BCUT2D eigenvalue weighted by Gasteiger charge is 2.31. The molecule has 0 amide bonds. The molecule has 2 fully saturated rings. The van der Waals surface area contributed by atoms with Crippen LogP contribution in [-0.2, 0) is 31.1 Å². The largest absolute Gasteiger partial charge is 0.379 e. The molecule has 25 heavy (non-hydrogen) atoms. The van der Waals surface area contributed by atoms with Crippen LogP contribution in [0.4, 0.5) is 0 Å². The van der Waals surface area contributed by atoms with E-state index in [-0.39, 0.29) is 22.4 Å². The minimum absolute atomic E-state index is 0.00972. The van der Waals surface area contributed by atoms with Gasteiger partial charge in [-0.1, -0.05) is 12.1 Å². The molecule has 0 saturated carbocycles. The summed E-state index contributed by atoms with van der Waals surface area (Å²) in [6.45, 7) is 2.08. The van der Waals surface area contributed by atoms with E-state index in [1.807, 2.05) is 18.0 Å². The molecule has 0 aliphatic carbocycles. The van der Waals surface area contributed by atoms with E-state index in [0.29, 0.717) is 39.3 Å². The molecule has 140 valence electrons. The molecular formula is C16H24N2O5S2. The van der Waals surface area contributed by atoms with Crippen molar-refractivity contribution in [2.24, 2.45) is 0 Å². The maximum Gasteiger partial charge on any atom is 0.243 e. The zero-order valence-electron chi connectivity index (χ0n) is 14.3. The van der Waals surface area contributed by atoms with Crippen LogP contribution in [0.25, 0.3) is 0 Å². The second-order valence-corrected chi connectivity index (χ2v) is 10.8. The topological polar surface area (TPSA) is 84.0 Å². The number of hydrogen-bond donors (Lipinski definition) is 0. The summed E-state index contributed by atoms with van der Waals surface area (Å²) in [5, 5.41) is 0. The predicted octanol–water partition coefficient (Wildman–Crippen LogP) is 0.326. The Hall–Kier alpha value is -1.00. The Bertz CT molecular complexity index is 817. The van der Waals surface area contributed by atoms with E-state index in [9.17, 15) is 16.8 Å². The van der Waals surface area contributed by atoms with E-state index >= 15 is 0 Å². The van der Waals surface area contributed by atoms with Crippen molar-refractivity contribution in [3.05, 3.63) is 29.8 Å². The summed E-state index contributed by atoms with van der Waals surface area (Å²) in [7, 11) is -4.57. The summed E-state index contributed by atoms with van der Waals surface area (Å²) in [6, 6.07) is 6.89. The third kappa shape index (κ3) is 4.40. The van der Waals surface area contributed by atoms with Gasteiger partial charge in [0.2, 0.25) is 10.0 Å². The lowest BCUT2D eigenvalue weighted by atomic mass is 10.1. The quantitative estimate of drug-likeness (QED) is 0.723. The highest BCUT2D eigenvalue weighted by Crippen LogP contribution is 2.21. The summed E-state index contributed by atoms with van der Waals surface area (Å²) in [5.74, 6) is 0.405. The molecule has 1 aromatic carbocycles. The Kier molecular flexibility index (Phi) is 5.50. The van der Waals surface area contributed by atoms with Crippen LogP contribution >= 0.6 is 0 Å². The molecule has 1 unspecified atom stereocenters. The van der Waals surface area contributed by atoms with Gasteiger partial charge in [0, 0.05) is 25.7 Å². The number of benzene rings is 1. The second kappa shape index (κ2) is 7.32. The fourth-order valence-electron chi connectivity index (χ4n) is 3.28. The summed E-state index contributed by atoms with van der Waals surface area (Å²) < 4.78 is 55.4. The first-order valence-electron chi connectivity index (χ1n) is 8.35. The predicted molar refractivity (Wildman–Crippen MR) is 94.5 cm³/mol. The smallest absolute Gasteiger partial charge is 0.243 e. The number of ether oxygens (including phenoxy) is 1. The van der Waals surface area contributed by atoms with Crippen LogP contribution in [0, 0.1) is 0 Å². The molecule has 2 aliphatic heterocycles. The molecule has 0 radical (unpaired) electrons. The summed E-state index contributed by atoms with van der Waals surface area (Å²) in [4.78, 5) is 2.27. The maximum atomic E-state index is 12.7. The third-order valence-corrected chi connectivity index (χ3v) is 8.41. The Morgan fingerprint density at radius 1 is 1.28 bits per heavy atom. The number of morpholine rings is 1. The van der Waals surface area contributed by atoms with Crippen LogP contribution < -0.4 is 0 Å². The van der Waals surface area contributed by atoms with Crippen molar-refractivity contribution in [3.63, 3.8) is 0 Å². The van der Waals surface area contributed by atoms with Crippen LogP contribution in [-0.4, -0.2) is 76.9 Å². The molecule has 0 spiro atoms. The van der Waals surface area contributed by atoms with Crippen LogP contribution in [0.15, 0.2) is 29.2 Å². The van der Waals surface area contributed by atoms with Gasteiger partial charge in [0.1, 0.15) is 0 Å². The molecule has 1 atom stereocenters. The highest BCUT2D eigenvalue weighted by atomic mass is 32.2. The molecule has 3 rings (SSSR count). The lowest BCUT2D eigenvalue weighted by Gasteiger charge is -2.26. The first-order valence-corrected chi connectivity index (χ1v) is 11.6. The zero-order valence-corrected chi connectivity index (χ0v) is 15.9. The molecule has 0 N–H and O–H groups in total. The Balaban J connectivity index is 1.73. The first kappa shape index (κ1) is 18.8. The van der Waals surface area contributed by atoms with Crippen molar-refractivity contribution in [2.75, 3.05) is 44.9 Å². The van der Waals surface area contributed by atoms with Gasteiger partial charge in [0.05, 0.1) is 29.6 Å². The number of sulfone groups is 1. The van der Waals surface area contributed by atoms with Crippen molar-refractivity contribution in [1.29, 1.82) is 0 Å². The van der Waals surface area contributed by atoms with Gasteiger partial charge in [0.25, 0.3) is 0 Å². The summed E-state index contributed by atoms with van der Waals surface area (Å²) >= 11 is 0. The molecular weight excluding hydrogens is 364 g/mol. The first-order chi connectivity index (χ1) is 11.8. The minimum Gasteiger partial charge on any atom is -0.379 e. The number of rotatable bonds is 5. The molecule has 9 heteroatoms. The highest BCUT2D eigenvalue weighted by molar-refractivity contribution is 7.91. The second-order valence-electron chi connectivity index (χ2n) is 6.64. The SMILES string of the molecule is CN(Cc1cccc(S(=O)(=O)N2CCOCC2)c1)C1CCS(=O)(=O)C1. The van der Waals surface area contributed by atoms with Crippen LogP contribution in [0.1, 0.15) is 12.0 Å². The average molecular weight is 389 g/mol. The van der Waals surface area contributed by atoms with Gasteiger partial charge in [-0.3, -0.25) is 4.90 Å². The van der Waals surface area contributed by atoms with Crippen molar-refractivity contribution in [1.82, 2.24) is 9.21 Å². The van der Waals surface area contributed by atoms with Gasteiger partial charge in [-0.15, -0.1) is 0 Å². The fourth-order valence-corrected chi connectivity index (χ4v) is 6.56. The van der Waals surface area contributed by atoms with Crippen molar-refractivity contribution < 1.29 is 21.6 Å². The Morgan fingerprint density at radius 2 is 2.00 bits per heavy atom. The molecule has 1 aromatic rings. The van der Waals surface area contributed by atoms with Crippen LogP contribution in [0.3, 0.4) is 0 Å². The monoisotopic (exact) mass is 388 g/mol. The number of sulfonamides is 1. The van der Waals surface area contributed by atoms with Gasteiger partial charge in [-0.25, -0.2) is 16.8 Å². The normalized spacial score (nSPS) is 24.6. The molecule has 7 nitrogen and oxygen atoms in total. The number of nitrogens with zero attached hydrogens (tertiary/aromatic N) is 2. The van der Waals surface area contributed by atoms with E-state index in [1.165, 1.54) is 4.31 Å². The standard InChI is InChI=1S/C16H24N2O5S2/c1-17(15-5-10-24(19,20)13-15)12-14-3-2-4-16(11-14)25(21,22)18-6-8-23-9-7-18/h2-4,11,15H,5-10,12-13H2,1H3. The van der Waals surface area contributed by atoms with E-state index in [4.69, 9.17) is 4.74 Å². The zero-order chi connectivity index (χ0) is 18.1. The van der Waals surface area contributed by atoms with E-state index in [2.05, 4.69) is 0 Å². The van der Waals surface area contributed by atoms with E-state index in [0.717, 1.165) is 5.56 Å². The lowest BCUT2D eigenvalue weighted by Crippen LogP contribution is -2.40. The molecule has 2 heterocycles. The van der Waals surface area contributed by atoms with Crippen LogP contribution in [0.2, 0.25) is 0 Å². The Labute approximate surface area is 149 Å². The summed E-state index contributed by atoms with van der Waals surface area (Å²) in [6.07, 6.45) is 0.630. The summed E-state index contributed by atoms with van der Waals surface area (Å²) in [5.41, 5.74) is 0.862. The minimum atomic E-state index is -3.52. The fraction of sp³-hybridized carbons (Fsp3) is 0.625. The molecule has 0 bridgehead atoms. The molecule has 0 aromatic heterocycles. The van der Waals surface area contributed by atoms with Crippen molar-refractivity contribution in [2.45, 2.75) is 23.9 Å². The third-order valence-electron chi connectivity index (χ3n) is 4.77. The molecule has 2 aliphatic rings. The van der Waals surface area contributed by atoms with E-state index in [1.54, 1.807) is 18.2 Å². The lowest BCUT2D eigenvalue weighted by molar-refractivity contribution is 0.0730. The van der Waals surface area contributed by atoms with E-state index < -0.39 is 19.9 Å². The molecule has 2 saturated heterocycles. The van der Waals surface area contributed by atoms with Gasteiger partial charge >= 0.3 is 0 Å². The maximum absolute atomic E-state index is 12.7. The van der Waals surface area contributed by atoms with Crippen LogP contribution in [0.5, 0.6) is 0 Å². The van der Waals surface area contributed by atoms with Gasteiger partial charge in [-0.05, 0) is 31.2 Å². The Morgan fingerprint density at radius 3 is 2.64 bits per heavy atom. The number of hydrogen-bond acceptors (Lipinski definition) is 6. The van der Waals surface area contributed by atoms with Crippen molar-refractivity contribution in [3.8, 4) is 0 Å². The average Bonchev–Trinajstić information content (AvgIpc) is 2.96. The van der Waals surface area contributed by atoms with Gasteiger partial charge in [-0.2, -0.15) is 4.31 Å².